The molecule has 2 aliphatic rings. The largest absolute Gasteiger partial charge is 0.493 e. The van der Waals surface area contributed by atoms with Crippen LogP contribution in [0.15, 0.2) is 29.4 Å². The molecule has 10 heteroatoms. The number of aliphatic hydroxyl groups is 1. The molecule has 2 aromatic rings. The second-order valence-electron chi connectivity index (χ2n) is 7.10. The summed E-state index contributed by atoms with van der Waals surface area (Å²) in [5, 5.41) is 9.66. The van der Waals surface area contributed by atoms with Crippen LogP contribution in [0.4, 0.5) is 5.13 Å². The van der Waals surface area contributed by atoms with Crippen molar-refractivity contribution in [3.63, 3.8) is 0 Å². The first-order valence-electron chi connectivity index (χ1n) is 9.51. The van der Waals surface area contributed by atoms with Gasteiger partial charge in [0.15, 0.2) is 0 Å². The van der Waals surface area contributed by atoms with E-state index in [1.165, 1.54) is 12.7 Å². The summed E-state index contributed by atoms with van der Waals surface area (Å²) in [7, 11) is -3.75. The van der Waals surface area contributed by atoms with E-state index in [2.05, 4.69) is 19.0 Å². The van der Waals surface area contributed by atoms with Crippen molar-refractivity contribution < 1.29 is 18.3 Å². The molecule has 2 unspecified atom stereocenters. The quantitative estimate of drug-likeness (QED) is 0.734. The van der Waals surface area contributed by atoms with Gasteiger partial charge in [-0.1, -0.05) is 12.5 Å². The third-order valence-electron chi connectivity index (χ3n) is 5.42. The number of aliphatic hydroxyl groups excluding tert-OH is 1. The highest BCUT2D eigenvalue weighted by molar-refractivity contribution is 7.93. The summed E-state index contributed by atoms with van der Waals surface area (Å²) >= 11 is 0.988. The van der Waals surface area contributed by atoms with Crippen molar-refractivity contribution in [2.45, 2.75) is 49.1 Å². The SMILES string of the molecule is O=S(=O)(Nc1ncns1)c1ccc2c(c1)OCCC2N1CCCCC1CCO. The van der Waals surface area contributed by atoms with Gasteiger partial charge in [-0.05, 0) is 31.9 Å². The number of benzene rings is 1. The maximum Gasteiger partial charge on any atom is 0.263 e. The zero-order valence-electron chi connectivity index (χ0n) is 15.5. The second-order valence-corrected chi connectivity index (χ2v) is 9.57. The lowest BCUT2D eigenvalue weighted by atomic mass is 9.92. The minimum Gasteiger partial charge on any atom is -0.493 e. The van der Waals surface area contributed by atoms with E-state index >= 15 is 0 Å². The van der Waals surface area contributed by atoms with E-state index in [1.807, 2.05) is 6.07 Å². The molecule has 152 valence electrons. The number of piperidine rings is 1. The van der Waals surface area contributed by atoms with E-state index in [1.54, 1.807) is 12.1 Å². The smallest absolute Gasteiger partial charge is 0.263 e. The number of hydrogen-bond acceptors (Lipinski definition) is 8. The first-order valence-corrected chi connectivity index (χ1v) is 11.8. The van der Waals surface area contributed by atoms with E-state index in [0.29, 0.717) is 18.4 Å². The zero-order chi connectivity index (χ0) is 19.6. The minimum atomic E-state index is -3.75. The van der Waals surface area contributed by atoms with Gasteiger partial charge in [-0.2, -0.15) is 4.37 Å². The third-order valence-corrected chi connectivity index (χ3v) is 7.47. The topological polar surface area (TPSA) is 105 Å². The van der Waals surface area contributed by atoms with Crippen molar-refractivity contribution in [1.82, 2.24) is 14.3 Å². The fraction of sp³-hybridized carbons (Fsp3) is 0.556. The fourth-order valence-electron chi connectivity index (χ4n) is 4.15. The van der Waals surface area contributed by atoms with Crippen LogP contribution in [-0.4, -0.2) is 53.6 Å². The fourth-order valence-corrected chi connectivity index (χ4v) is 5.82. The normalized spacial score (nSPS) is 23.0. The molecule has 8 nitrogen and oxygen atoms in total. The van der Waals surface area contributed by atoms with Gasteiger partial charge >= 0.3 is 0 Å². The number of nitrogens with one attached hydrogen (secondary N) is 1. The van der Waals surface area contributed by atoms with Crippen LogP contribution in [0.1, 0.15) is 43.7 Å². The molecule has 0 saturated carbocycles. The minimum absolute atomic E-state index is 0.146. The molecule has 28 heavy (non-hydrogen) atoms. The lowest BCUT2D eigenvalue weighted by Gasteiger charge is -2.43. The van der Waals surface area contributed by atoms with Gasteiger partial charge in [0.2, 0.25) is 5.13 Å². The lowest BCUT2D eigenvalue weighted by Crippen LogP contribution is -2.44. The molecule has 0 spiro atoms. The number of sulfonamides is 1. The van der Waals surface area contributed by atoms with Crippen LogP contribution in [0, 0.1) is 0 Å². The van der Waals surface area contributed by atoms with Crippen LogP contribution in [0.25, 0.3) is 0 Å². The molecule has 0 amide bonds. The van der Waals surface area contributed by atoms with Gasteiger partial charge in [-0.3, -0.25) is 9.62 Å². The van der Waals surface area contributed by atoms with E-state index in [-0.39, 0.29) is 22.7 Å². The van der Waals surface area contributed by atoms with Gasteiger partial charge in [0.05, 0.1) is 11.5 Å². The first-order chi connectivity index (χ1) is 13.6. The van der Waals surface area contributed by atoms with Gasteiger partial charge in [-0.25, -0.2) is 13.4 Å². The Kier molecular flexibility index (Phi) is 5.81. The Morgan fingerprint density at radius 3 is 3.00 bits per heavy atom. The van der Waals surface area contributed by atoms with E-state index in [4.69, 9.17) is 4.74 Å². The molecule has 0 radical (unpaired) electrons. The van der Waals surface area contributed by atoms with Crippen LogP contribution >= 0.6 is 11.5 Å². The zero-order valence-corrected chi connectivity index (χ0v) is 17.1. The number of ether oxygens (including phenoxy) is 1. The van der Waals surface area contributed by atoms with Crippen molar-refractivity contribution in [1.29, 1.82) is 0 Å². The third kappa shape index (κ3) is 4.00. The van der Waals surface area contributed by atoms with E-state index in [0.717, 1.165) is 49.3 Å². The number of rotatable bonds is 6. The number of hydrogen-bond donors (Lipinski definition) is 2. The second kappa shape index (κ2) is 8.32. The number of aromatic nitrogens is 2. The Hall–Kier alpha value is -1.75. The molecule has 1 fully saturated rings. The Morgan fingerprint density at radius 2 is 2.21 bits per heavy atom. The Bertz CT molecular complexity index is 902. The Balaban J connectivity index is 1.60. The molecule has 0 bridgehead atoms. The molecule has 2 atom stereocenters. The van der Waals surface area contributed by atoms with Crippen molar-refractivity contribution in [2.24, 2.45) is 0 Å². The summed E-state index contributed by atoms with van der Waals surface area (Å²) in [5.41, 5.74) is 1.02. The molecule has 3 heterocycles. The summed E-state index contributed by atoms with van der Waals surface area (Å²) in [6.45, 7) is 1.73. The Labute approximate surface area is 168 Å². The van der Waals surface area contributed by atoms with Gasteiger partial charge < -0.3 is 9.84 Å². The molecule has 0 aliphatic carbocycles. The standard InChI is InChI=1S/C18H24N4O4S2/c23-9-6-13-3-1-2-8-22(13)16-7-10-26-17-11-14(4-5-15(16)17)28(24,25)21-18-19-12-20-27-18/h4-5,11-13,16,23H,1-3,6-10H2,(H,19,20,21). The Morgan fingerprint density at radius 1 is 1.32 bits per heavy atom. The summed E-state index contributed by atoms with van der Waals surface area (Å²) in [4.78, 5) is 6.49. The highest BCUT2D eigenvalue weighted by Crippen LogP contribution is 2.40. The van der Waals surface area contributed by atoms with Crippen molar-refractivity contribution in [2.75, 3.05) is 24.5 Å². The number of likely N-dealkylation sites (tertiary alicyclic amines) is 1. The number of anilines is 1. The summed E-state index contributed by atoms with van der Waals surface area (Å²) in [5.74, 6) is 0.615. The van der Waals surface area contributed by atoms with Crippen molar-refractivity contribution in [3.05, 3.63) is 30.1 Å². The maximum absolute atomic E-state index is 12.6. The summed E-state index contributed by atoms with van der Waals surface area (Å²) in [6.07, 6.45) is 6.36. The van der Waals surface area contributed by atoms with Crippen LogP contribution in [0.2, 0.25) is 0 Å². The average molecular weight is 425 g/mol. The van der Waals surface area contributed by atoms with Crippen LogP contribution in [-0.2, 0) is 10.0 Å². The molecular formula is C18H24N4O4S2. The van der Waals surface area contributed by atoms with Gasteiger partial charge in [0.25, 0.3) is 10.0 Å². The lowest BCUT2D eigenvalue weighted by molar-refractivity contribution is 0.0536. The molecule has 1 aromatic carbocycles. The average Bonchev–Trinajstić information content (AvgIpc) is 3.20. The molecule has 2 aliphatic heterocycles. The van der Waals surface area contributed by atoms with Crippen LogP contribution in [0.5, 0.6) is 5.75 Å². The number of fused-ring (bicyclic) bond motifs is 1. The van der Waals surface area contributed by atoms with E-state index in [9.17, 15) is 13.5 Å². The molecule has 2 N–H and O–H groups in total. The molecular weight excluding hydrogens is 400 g/mol. The van der Waals surface area contributed by atoms with E-state index < -0.39 is 10.0 Å². The van der Waals surface area contributed by atoms with Gasteiger partial charge in [0.1, 0.15) is 12.1 Å². The highest BCUT2D eigenvalue weighted by Gasteiger charge is 2.33. The molecule has 1 aromatic heterocycles. The monoisotopic (exact) mass is 424 g/mol. The van der Waals surface area contributed by atoms with Crippen LogP contribution < -0.4 is 9.46 Å². The van der Waals surface area contributed by atoms with Crippen molar-refractivity contribution in [3.8, 4) is 5.75 Å². The molecule has 4 rings (SSSR count). The van der Waals surface area contributed by atoms with Crippen molar-refractivity contribution >= 4 is 26.7 Å². The van der Waals surface area contributed by atoms with Gasteiger partial charge in [-0.15, -0.1) is 0 Å². The maximum atomic E-state index is 12.6. The van der Waals surface area contributed by atoms with Gasteiger partial charge in [0, 0.05) is 48.3 Å². The number of nitrogens with zero attached hydrogens (tertiary/aromatic N) is 3. The first kappa shape index (κ1) is 19.6. The summed E-state index contributed by atoms with van der Waals surface area (Å²) < 4.78 is 37.3. The van der Waals surface area contributed by atoms with Crippen LogP contribution in [0.3, 0.4) is 0 Å². The summed E-state index contributed by atoms with van der Waals surface area (Å²) in [6, 6.07) is 5.62. The molecule has 1 saturated heterocycles. The predicted octanol–water partition coefficient (Wildman–Crippen LogP) is 2.40. The predicted molar refractivity (Wildman–Crippen MR) is 106 cm³/mol. The highest BCUT2D eigenvalue weighted by atomic mass is 32.2.